The Kier molecular flexibility index (Phi) is 5.39. The van der Waals surface area contributed by atoms with Crippen molar-refractivity contribution in [1.29, 1.82) is 0 Å². The van der Waals surface area contributed by atoms with Gasteiger partial charge in [-0.15, -0.1) is 0 Å². The molecule has 3 aromatic rings. The maximum atomic E-state index is 12.9. The summed E-state index contributed by atoms with van der Waals surface area (Å²) in [5.74, 6) is 0.758. The molecule has 1 aliphatic rings. The van der Waals surface area contributed by atoms with Gasteiger partial charge in [0.05, 0.1) is 0 Å². The number of benzene rings is 1. The van der Waals surface area contributed by atoms with Gasteiger partial charge in [-0.3, -0.25) is 14.2 Å². The van der Waals surface area contributed by atoms with Crippen molar-refractivity contribution in [3.05, 3.63) is 58.1 Å². The van der Waals surface area contributed by atoms with E-state index in [-0.39, 0.29) is 19.0 Å². The monoisotopic (exact) mass is 396 g/mol. The van der Waals surface area contributed by atoms with E-state index < -0.39 is 11.5 Å². The molecule has 2 aromatic heterocycles. The number of nitrogens with zero attached hydrogens (tertiary/aromatic N) is 3. The molecule has 4 rings (SSSR count). The Labute approximate surface area is 166 Å². The summed E-state index contributed by atoms with van der Waals surface area (Å²) in [6.45, 7) is 1.29. The maximum Gasteiger partial charge on any atom is 0.283 e. The van der Waals surface area contributed by atoms with Crippen molar-refractivity contribution in [2.45, 2.75) is 19.5 Å². The number of hydrogen-bond acceptors (Lipinski definition) is 7. The van der Waals surface area contributed by atoms with E-state index in [2.05, 4.69) is 15.3 Å². The van der Waals surface area contributed by atoms with E-state index in [1.807, 2.05) is 6.07 Å². The molecule has 0 spiro atoms. The molecule has 9 nitrogen and oxygen atoms in total. The number of aromatic nitrogens is 3. The highest BCUT2D eigenvalue weighted by Gasteiger charge is 2.19. The van der Waals surface area contributed by atoms with Crippen molar-refractivity contribution in [2.75, 3.05) is 20.5 Å². The maximum absolute atomic E-state index is 12.9. The minimum atomic E-state index is -0.543. The molecule has 0 bridgehead atoms. The molecule has 1 N–H and O–H groups in total. The van der Waals surface area contributed by atoms with Crippen molar-refractivity contribution in [2.24, 2.45) is 0 Å². The third-order valence-electron chi connectivity index (χ3n) is 4.54. The van der Waals surface area contributed by atoms with Gasteiger partial charge in [-0.1, -0.05) is 6.07 Å². The first-order chi connectivity index (χ1) is 14.2. The summed E-state index contributed by atoms with van der Waals surface area (Å²) in [6.07, 6.45) is 2.21. The molecule has 9 heteroatoms. The molecule has 1 aromatic carbocycles. The second-order valence-corrected chi connectivity index (χ2v) is 6.48. The number of carbonyl (C=O) groups excluding carboxylic acids is 1. The molecule has 0 saturated carbocycles. The fourth-order valence-corrected chi connectivity index (χ4v) is 3.12. The molecule has 1 amide bonds. The van der Waals surface area contributed by atoms with Gasteiger partial charge in [-0.2, -0.15) is 0 Å². The van der Waals surface area contributed by atoms with Gasteiger partial charge >= 0.3 is 0 Å². The minimum Gasteiger partial charge on any atom is -0.454 e. The quantitative estimate of drug-likeness (QED) is 0.603. The lowest BCUT2D eigenvalue weighted by Gasteiger charge is -2.11. The zero-order chi connectivity index (χ0) is 20.2. The summed E-state index contributed by atoms with van der Waals surface area (Å²) in [5, 5.41) is 2.75. The highest BCUT2D eigenvalue weighted by atomic mass is 16.7. The molecular formula is C20H20N4O5. The zero-order valence-electron chi connectivity index (χ0n) is 15.9. The van der Waals surface area contributed by atoms with Gasteiger partial charge in [-0.25, -0.2) is 9.97 Å². The summed E-state index contributed by atoms with van der Waals surface area (Å²) in [7, 11) is 1.60. The second-order valence-electron chi connectivity index (χ2n) is 6.48. The smallest absolute Gasteiger partial charge is 0.283 e. The van der Waals surface area contributed by atoms with Crippen LogP contribution >= 0.6 is 0 Å². The summed E-state index contributed by atoms with van der Waals surface area (Å²) in [5.41, 5.74) is 1.11. The lowest BCUT2D eigenvalue weighted by molar-refractivity contribution is 0.0944. The Morgan fingerprint density at radius 1 is 1.28 bits per heavy atom. The van der Waals surface area contributed by atoms with Crippen molar-refractivity contribution >= 4 is 17.1 Å². The normalized spacial score (nSPS) is 12.3. The van der Waals surface area contributed by atoms with E-state index in [0.29, 0.717) is 42.2 Å². The number of amides is 1. The Bertz CT molecular complexity index is 1110. The van der Waals surface area contributed by atoms with E-state index in [4.69, 9.17) is 14.2 Å². The largest absolute Gasteiger partial charge is 0.454 e. The lowest BCUT2D eigenvalue weighted by atomic mass is 10.2. The van der Waals surface area contributed by atoms with E-state index in [1.54, 1.807) is 37.6 Å². The van der Waals surface area contributed by atoms with Crippen LogP contribution in [0.4, 0.5) is 0 Å². The summed E-state index contributed by atoms with van der Waals surface area (Å²) in [6, 6.07) is 8.85. The Hall–Kier alpha value is -3.46. The number of pyridine rings is 1. The van der Waals surface area contributed by atoms with Crippen LogP contribution in [0.15, 0.2) is 41.3 Å². The van der Waals surface area contributed by atoms with Crippen LogP contribution in [0.3, 0.4) is 0 Å². The number of hydrogen-bond donors (Lipinski definition) is 1. The Balaban J connectivity index is 1.58. The number of aryl methyl sites for hydroxylation is 1. The predicted molar refractivity (Wildman–Crippen MR) is 104 cm³/mol. The van der Waals surface area contributed by atoms with E-state index in [9.17, 15) is 9.59 Å². The highest BCUT2D eigenvalue weighted by Crippen LogP contribution is 2.32. The van der Waals surface area contributed by atoms with Gasteiger partial charge in [-0.05, 0) is 36.2 Å². The number of ether oxygens (including phenoxy) is 3. The van der Waals surface area contributed by atoms with E-state index in [1.165, 1.54) is 4.57 Å². The number of fused-ring (bicyclic) bond motifs is 2. The van der Waals surface area contributed by atoms with Gasteiger partial charge in [0.15, 0.2) is 22.8 Å². The standard InChI is InChI=1S/C20H20N4O5/c1-27-9-3-8-24-18-14(4-2-7-21-18)23-17(20(24)26)19(25)22-11-13-5-6-15-16(10-13)29-12-28-15/h2,4-7,10H,3,8-9,11-12H2,1H3,(H,22,25). The van der Waals surface area contributed by atoms with Gasteiger partial charge in [0.25, 0.3) is 11.5 Å². The van der Waals surface area contributed by atoms with Crippen LogP contribution in [0.25, 0.3) is 11.2 Å². The molecule has 29 heavy (non-hydrogen) atoms. The van der Waals surface area contributed by atoms with Gasteiger partial charge in [0, 0.05) is 33.0 Å². The number of nitrogens with one attached hydrogen (secondary N) is 1. The Morgan fingerprint density at radius 3 is 3.00 bits per heavy atom. The van der Waals surface area contributed by atoms with Crippen LogP contribution in [0.1, 0.15) is 22.5 Å². The number of rotatable bonds is 7. The fraction of sp³-hybridized carbons (Fsp3) is 0.300. The van der Waals surface area contributed by atoms with Crippen molar-refractivity contribution < 1.29 is 19.0 Å². The van der Waals surface area contributed by atoms with Gasteiger partial charge in [0.2, 0.25) is 6.79 Å². The third-order valence-corrected chi connectivity index (χ3v) is 4.54. The topological polar surface area (TPSA) is 105 Å². The second kappa shape index (κ2) is 8.27. The highest BCUT2D eigenvalue weighted by molar-refractivity contribution is 5.93. The minimum absolute atomic E-state index is 0.163. The SMILES string of the molecule is COCCCn1c(=O)c(C(=O)NCc2ccc3c(c2)OCO3)nc2cccnc21. The van der Waals surface area contributed by atoms with Crippen LogP contribution in [0.5, 0.6) is 11.5 Å². The van der Waals surface area contributed by atoms with E-state index in [0.717, 1.165) is 5.56 Å². The Morgan fingerprint density at radius 2 is 2.14 bits per heavy atom. The van der Waals surface area contributed by atoms with Crippen LogP contribution in [-0.4, -0.2) is 41.0 Å². The lowest BCUT2D eigenvalue weighted by Crippen LogP contribution is -2.35. The summed E-state index contributed by atoms with van der Waals surface area (Å²) >= 11 is 0. The van der Waals surface area contributed by atoms with Gasteiger partial charge in [0.1, 0.15) is 5.52 Å². The molecule has 0 aliphatic carbocycles. The summed E-state index contributed by atoms with van der Waals surface area (Å²) < 4.78 is 17.2. The van der Waals surface area contributed by atoms with Gasteiger partial charge < -0.3 is 19.5 Å². The number of carbonyl (C=O) groups is 1. The average molecular weight is 396 g/mol. The first-order valence-electron chi connectivity index (χ1n) is 9.18. The molecule has 0 fully saturated rings. The number of methoxy groups -OCH3 is 1. The molecular weight excluding hydrogens is 376 g/mol. The fourth-order valence-electron chi connectivity index (χ4n) is 3.12. The van der Waals surface area contributed by atoms with Crippen molar-refractivity contribution in [1.82, 2.24) is 19.9 Å². The molecule has 0 saturated heterocycles. The molecule has 1 aliphatic heterocycles. The zero-order valence-corrected chi connectivity index (χ0v) is 15.9. The first-order valence-corrected chi connectivity index (χ1v) is 9.18. The van der Waals surface area contributed by atoms with Crippen molar-refractivity contribution in [3.8, 4) is 11.5 Å². The molecule has 3 heterocycles. The first kappa shape index (κ1) is 18.9. The molecule has 150 valence electrons. The van der Waals surface area contributed by atoms with Crippen LogP contribution in [0, 0.1) is 0 Å². The van der Waals surface area contributed by atoms with E-state index >= 15 is 0 Å². The van der Waals surface area contributed by atoms with Crippen LogP contribution < -0.4 is 20.3 Å². The molecule has 0 atom stereocenters. The average Bonchev–Trinajstić information content (AvgIpc) is 3.21. The predicted octanol–water partition coefficient (Wildman–Crippen LogP) is 1.49. The molecule has 0 unspecified atom stereocenters. The van der Waals surface area contributed by atoms with Crippen molar-refractivity contribution in [3.63, 3.8) is 0 Å². The molecule has 0 radical (unpaired) electrons. The van der Waals surface area contributed by atoms with Crippen LogP contribution in [-0.2, 0) is 17.8 Å². The van der Waals surface area contributed by atoms with Crippen LogP contribution in [0.2, 0.25) is 0 Å². The third kappa shape index (κ3) is 3.90. The summed E-state index contributed by atoms with van der Waals surface area (Å²) in [4.78, 5) is 34.1.